The van der Waals surface area contributed by atoms with Gasteiger partial charge in [-0.05, 0) is 50.8 Å². The van der Waals surface area contributed by atoms with Gasteiger partial charge in [-0.15, -0.1) is 0 Å². The average Bonchev–Trinajstić information content (AvgIpc) is 2.62. The average molecular weight is 372 g/mol. The van der Waals surface area contributed by atoms with Crippen LogP contribution in [0.5, 0.6) is 0 Å². The summed E-state index contributed by atoms with van der Waals surface area (Å²) in [5.74, 6) is -0.351. The number of nitrogens with one attached hydrogen (secondary N) is 2. The van der Waals surface area contributed by atoms with E-state index >= 15 is 0 Å². The number of halogens is 3. The maximum absolute atomic E-state index is 12.8. The summed E-state index contributed by atoms with van der Waals surface area (Å²) in [7, 11) is 1.79. The third kappa shape index (κ3) is 5.37. The molecular weight excluding hydrogens is 347 g/mol. The summed E-state index contributed by atoms with van der Waals surface area (Å²) in [6.07, 6.45) is 0.854. The minimum Gasteiger partial charge on any atom is -0.457 e. The normalized spacial score (nSPS) is 16.7. The van der Waals surface area contributed by atoms with Crippen molar-refractivity contribution < 1.29 is 27.3 Å². The zero-order chi connectivity index (χ0) is 19.2. The predicted molar refractivity (Wildman–Crippen MR) is 92.9 cm³/mol. The SMILES string of the molecule is CCOC(=O)C(NNc1cccc(C(F)(F)F)c1)=[N+](C)C1CCCCC1. The van der Waals surface area contributed by atoms with Crippen LogP contribution in [0.1, 0.15) is 44.6 Å². The Hall–Kier alpha value is -2.25. The third-order valence-electron chi connectivity index (χ3n) is 4.46. The molecule has 0 spiro atoms. The van der Waals surface area contributed by atoms with Gasteiger partial charge >= 0.3 is 18.0 Å². The first-order chi connectivity index (χ1) is 12.3. The Labute approximate surface area is 151 Å². The molecule has 8 heteroatoms. The number of benzene rings is 1. The second-order valence-corrected chi connectivity index (χ2v) is 6.30. The fraction of sp³-hybridized carbons (Fsp3) is 0.556. The molecule has 0 bridgehead atoms. The van der Waals surface area contributed by atoms with Crippen molar-refractivity contribution in [3.05, 3.63) is 29.8 Å². The second-order valence-electron chi connectivity index (χ2n) is 6.30. The lowest BCUT2D eigenvalue weighted by Gasteiger charge is -2.22. The molecule has 2 rings (SSSR count). The maximum atomic E-state index is 12.8. The highest BCUT2D eigenvalue weighted by molar-refractivity contribution is 6.33. The van der Waals surface area contributed by atoms with E-state index in [0.717, 1.165) is 37.8 Å². The van der Waals surface area contributed by atoms with Crippen molar-refractivity contribution in [3.8, 4) is 0 Å². The van der Waals surface area contributed by atoms with E-state index in [1.165, 1.54) is 18.6 Å². The number of ether oxygens (including phenoxy) is 1. The van der Waals surface area contributed by atoms with E-state index in [0.29, 0.717) is 0 Å². The maximum Gasteiger partial charge on any atom is 0.423 e. The van der Waals surface area contributed by atoms with Crippen LogP contribution < -0.4 is 10.9 Å². The number of rotatable bonds is 4. The molecule has 1 fully saturated rings. The highest BCUT2D eigenvalue weighted by atomic mass is 19.4. The molecule has 1 aliphatic rings. The van der Waals surface area contributed by atoms with Crippen LogP contribution in [0.2, 0.25) is 0 Å². The second kappa shape index (κ2) is 8.91. The molecule has 26 heavy (non-hydrogen) atoms. The van der Waals surface area contributed by atoms with E-state index < -0.39 is 17.7 Å². The van der Waals surface area contributed by atoms with Gasteiger partial charge in [-0.1, -0.05) is 12.5 Å². The number of hydrogen-bond donors (Lipinski definition) is 2. The van der Waals surface area contributed by atoms with Crippen LogP contribution in [0.15, 0.2) is 24.3 Å². The molecule has 1 aromatic carbocycles. The molecule has 0 heterocycles. The van der Waals surface area contributed by atoms with Gasteiger partial charge in [0.15, 0.2) is 0 Å². The smallest absolute Gasteiger partial charge is 0.423 e. The monoisotopic (exact) mass is 372 g/mol. The molecule has 1 saturated carbocycles. The van der Waals surface area contributed by atoms with Crippen LogP contribution in [0.3, 0.4) is 0 Å². The zero-order valence-electron chi connectivity index (χ0n) is 15.0. The summed E-state index contributed by atoms with van der Waals surface area (Å²) >= 11 is 0. The fourth-order valence-corrected chi connectivity index (χ4v) is 3.04. The molecule has 144 valence electrons. The topological polar surface area (TPSA) is 53.4 Å². The quantitative estimate of drug-likeness (QED) is 0.279. The number of carbonyl (C=O) groups excluding carboxylic acids is 1. The minimum absolute atomic E-state index is 0.191. The van der Waals surface area contributed by atoms with Crippen LogP contribution in [0, 0.1) is 0 Å². The summed E-state index contributed by atoms with van der Waals surface area (Å²) in [6.45, 7) is 1.92. The molecule has 0 radical (unpaired) electrons. The van der Waals surface area contributed by atoms with Gasteiger partial charge in [0, 0.05) is 0 Å². The Morgan fingerprint density at radius 2 is 1.96 bits per heavy atom. The standard InChI is InChI=1S/C18H24F3N3O2/c1-3-26-17(25)16(24(2)15-10-5-4-6-11-15)23-22-14-9-7-8-13(12-14)18(19,20)21/h7-9,12,15H,3-6,10-11H2,1-2H3,(H,22,25)/p+1. The lowest BCUT2D eigenvalue weighted by Crippen LogP contribution is -2.46. The molecule has 2 N–H and O–H groups in total. The van der Waals surface area contributed by atoms with Crippen LogP contribution in [0.4, 0.5) is 18.9 Å². The molecule has 0 amide bonds. The Morgan fingerprint density at radius 3 is 2.58 bits per heavy atom. The summed E-state index contributed by atoms with van der Waals surface area (Å²) in [4.78, 5) is 12.3. The number of alkyl halides is 3. The number of hydrazine groups is 1. The Morgan fingerprint density at radius 1 is 1.27 bits per heavy atom. The Bertz CT molecular complexity index is 653. The van der Waals surface area contributed by atoms with Gasteiger partial charge in [0.2, 0.25) is 0 Å². The third-order valence-corrected chi connectivity index (χ3v) is 4.46. The van der Waals surface area contributed by atoms with Gasteiger partial charge in [0.1, 0.15) is 0 Å². The highest BCUT2D eigenvalue weighted by Crippen LogP contribution is 2.30. The van der Waals surface area contributed by atoms with Crippen LogP contribution in [-0.4, -0.2) is 36.1 Å². The van der Waals surface area contributed by atoms with Gasteiger partial charge in [0.05, 0.1) is 30.9 Å². The van der Waals surface area contributed by atoms with Crippen molar-refractivity contribution in [1.82, 2.24) is 5.43 Å². The van der Waals surface area contributed by atoms with Crippen molar-refractivity contribution in [1.29, 1.82) is 0 Å². The van der Waals surface area contributed by atoms with E-state index in [4.69, 9.17) is 4.74 Å². The fourth-order valence-electron chi connectivity index (χ4n) is 3.04. The highest BCUT2D eigenvalue weighted by Gasteiger charge is 2.31. The number of nitrogens with zero attached hydrogens (tertiary/aromatic N) is 1. The van der Waals surface area contributed by atoms with Crippen molar-refractivity contribution >= 4 is 17.5 Å². The lowest BCUT2D eigenvalue weighted by atomic mass is 9.95. The van der Waals surface area contributed by atoms with E-state index in [2.05, 4.69) is 10.9 Å². The molecule has 0 aromatic heterocycles. The van der Waals surface area contributed by atoms with Crippen LogP contribution in [-0.2, 0) is 15.7 Å². The summed E-state index contributed by atoms with van der Waals surface area (Å²) in [5, 5.41) is 0. The molecule has 1 aromatic rings. The first-order valence-electron chi connectivity index (χ1n) is 8.79. The van der Waals surface area contributed by atoms with Gasteiger partial charge < -0.3 is 4.74 Å². The van der Waals surface area contributed by atoms with Crippen molar-refractivity contribution in [2.75, 3.05) is 19.1 Å². The van der Waals surface area contributed by atoms with E-state index in [9.17, 15) is 18.0 Å². The summed E-state index contributed by atoms with van der Waals surface area (Å²) in [6, 6.07) is 4.97. The van der Waals surface area contributed by atoms with Gasteiger partial charge in [-0.3, -0.25) is 4.58 Å². The van der Waals surface area contributed by atoms with E-state index in [1.54, 1.807) is 14.0 Å². The number of amidine groups is 1. The first-order valence-corrected chi connectivity index (χ1v) is 8.79. The van der Waals surface area contributed by atoms with Gasteiger partial charge in [-0.2, -0.15) is 18.6 Å². The van der Waals surface area contributed by atoms with Gasteiger partial charge in [-0.25, -0.2) is 10.2 Å². The van der Waals surface area contributed by atoms with Crippen molar-refractivity contribution in [2.24, 2.45) is 0 Å². The molecule has 0 atom stereocenters. The molecule has 1 aliphatic carbocycles. The molecule has 0 aliphatic heterocycles. The molecular formula is C18H25F3N3O2+. The summed E-state index contributed by atoms with van der Waals surface area (Å²) < 4.78 is 45.4. The van der Waals surface area contributed by atoms with Crippen molar-refractivity contribution in [3.63, 3.8) is 0 Å². The Kier molecular flexibility index (Phi) is 6.88. The first kappa shape index (κ1) is 20.1. The Balaban J connectivity index is 2.18. The molecule has 0 saturated heterocycles. The number of anilines is 1. The van der Waals surface area contributed by atoms with Crippen LogP contribution in [0.25, 0.3) is 0 Å². The minimum atomic E-state index is -4.43. The number of esters is 1. The molecule has 5 nitrogen and oxygen atoms in total. The van der Waals surface area contributed by atoms with Crippen molar-refractivity contribution in [2.45, 2.75) is 51.2 Å². The lowest BCUT2D eigenvalue weighted by molar-refractivity contribution is -0.543. The number of carbonyl (C=O) groups is 1. The largest absolute Gasteiger partial charge is 0.457 e. The summed E-state index contributed by atoms with van der Waals surface area (Å²) in [5.41, 5.74) is 4.88. The zero-order valence-corrected chi connectivity index (χ0v) is 15.0. The van der Waals surface area contributed by atoms with Crippen LogP contribution >= 0.6 is 0 Å². The van der Waals surface area contributed by atoms with E-state index in [-0.39, 0.29) is 24.2 Å². The predicted octanol–water partition coefficient (Wildman–Crippen LogP) is 3.56. The van der Waals surface area contributed by atoms with E-state index in [1.807, 2.05) is 4.58 Å². The van der Waals surface area contributed by atoms with Gasteiger partial charge in [0.25, 0.3) is 0 Å². The molecule has 0 unspecified atom stereocenters. The number of hydrogen-bond acceptors (Lipinski definition) is 3.